The van der Waals surface area contributed by atoms with Crippen molar-refractivity contribution in [3.05, 3.63) is 0 Å². The Kier molecular flexibility index (Phi) is 5.65. The molecule has 1 rings (SSSR count). The standard InChI is InChI=1S/C12H21NO8/c1-5(8(17)4-14)10-9(13-6(2)15)7(16)3-12(20,21-10)11(18)19/h5,7-10,14,16-17,20H,3-4H2,1-2H3,(H,13,15)(H,18,19). The van der Waals surface area contributed by atoms with Gasteiger partial charge in [-0.1, -0.05) is 6.92 Å². The summed E-state index contributed by atoms with van der Waals surface area (Å²) in [4.78, 5) is 22.3. The molecule has 0 spiro atoms. The van der Waals surface area contributed by atoms with Gasteiger partial charge in [-0.15, -0.1) is 0 Å². The zero-order chi connectivity index (χ0) is 16.4. The monoisotopic (exact) mass is 307 g/mol. The van der Waals surface area contributed by atoms with Gasteiger partial charge in [0.2, 0.25) is 5.91 Å². The van der Waals surface area contributed by atoms with Crippen molar-refractivity contribution in [3.63, 3.8) is 0 Å². The van der Waals surface area contributed by atoms with Gasteiger partial charge in [-0.05, 0) is 0 Å². The van der Waals surface area contributed by atoms with E-state index in [4.69, 9.17) is 14.9 Å². The van der Waals surface area contributed by atoms with Crippen molar-refractivity contribution in [2.45, 2.75) is 50.4 Å². The van der Waals surface area contributed by atoms with Gasteiger partial charge in [-0.25, -0.2) is 4.79 Å². The Labute approximate surface area is 121 Å². The lowest BCUT2D eigenvalue weighted by molar-refractivity contribution is -0.288. The molecule has 21 heavy (non-hydrogen) atoms. The molecule has 0 saturated carbocycles. The maximum Gasteiger partial charge on any atom is 0.364 e. The van der Waals surface area contributed by atoms with Gasteiger partial charge in [-0.3, -0.25) is 4.79 Å². The van der Waals surface area contributed by atoms with Crippen LogP contribution >= 0.6 is 0 Å². The third kappa shape index (κ3) is 3.89. The van der Waals surface area contributed by atoms with Gasteiger partial charge >= 0.3 is 5.97 Å². The number of aliphatic hydroxyl groups is 4. The molecule has 0 radical (unpaired) electrons. The van der Waals surface area contributed by atoms with Crippen LogP contribution in [0.25, 0.3) is 0 Å². The fourth-order valence-electron chi connectivity index (χ4n) is 2.35. The van der Waals surface area contributed by atoms with Crippen molar-refractivity contribution in [3.8, 4) is 0 Å². The number of carbonyl (C=O) groups excluding carboxylic acids is 1. The summed E-state index contributed by atoms with van der Waals surface area (Å²) in [6.07, 6.45) is -4.48. The highest BCUT2D eigenvalue weighted by Crippen LogP contribution is 2.32. The van der Waals surface area contributed by atoms with Gasteiger partial charge in [0.05, 0.1) is 31.0 Å². The number of carboxylic acid groups (broad SMARTS) is 1. The van der Waals surface area contributed by atoms with Crippen molar-refractivity contribution in [1.82, 2.24) is 5.32 Å². The Morgan fingerprint density at radius 1 is 1.48 bits per heavy atom. The summed E-state index contributed by atoms with van der Waals surface area (Å²) >= 11 is 0. The fraction of sp³-hybridized carbons (Fsp3) is 0.833. The molecule has 0 aromatic rings. The number of hydrogen-bond donors (Lipinski definition) is 6. The summed E-state index contributed by atoms with van der Waals surface area (Å²) in [5.41, 5.74) is 0. The van der Waals surface area contributed by atoms with Gasteiger partial charge in [0.1, 0.15) is 0 Å². The maximum absolute atomic E-state index is 11.2. The summed E-state index contributed by atoms with van der Waals surface area (Å²) in [6, 6.07) is -1.02. The Morgan fingerprint density at radius 2 is 2.05 bits per heavy atom. The highest BCUT2D eigenvalue weighted by molar-refractivity contribution is 5.76. The van der Waals surface area contributed by atoms with Crippen LogP contribution in [0.5, 0.6) is 0 Å². The van der Waals surface area contributed by atoms with Crippen molar-refractivity contribution in [1.29, 1.82) is 0 Å². The van der Waals surface area contributed by atoms with E-state index in [-0.39, 0.29) is 0 Å². The van der Waals surface area contributed by atoms with E-state index in [0.29, 0.717) is 0 Å². The van der Waals surface area contributed by atoms with Gasteiger partial charge in [0.15, 0.2) is 0 Å². The van der Waals surface area contributed by atoms with Gasteiger partial charge in [0.25, 0.3) is 5.79 Å². The third-order valence-corrected chi connectivity index (χ3v) is 3.60. The number of hydrogen-bond acceptors (Lipinski definition) is 7. The highest BCUT2D eigenvalue weighted by atomic mass is 16.7. The molecular weight excluding hydrogens is 286 g/mol. The van der Waals surface area contributed by atoms with E-state index in [1.807, 2.05) is 0 Å². The van der Waals surface area contributed by atoms with Gasteiger partial charge in [-0.2, -0.15) is 0 Å². The summed E-state index contributed by atoms with van der Waals surface area (Å²) in [5.74, 6) is -5.63. The molecule has 9 nitrogen and oxygen atoms in total. The fourth-order valence-corrected chi connectivity index (χ4v) is 2.35. The second kappa shape index (κ2) is 6.67. The zero-order valence-electron chi connectivity index (χ0n) is 11.8. The highest BCUT2D eigenvalue weighted by Gasteiger charge is 2.53. The lowest BCUT2D eigenvalue weighted by atomic mass is 9.84. The first-order valence-electron chi connectivity index (χ1n) is 6.50. The topological polar surface area (TPSA) is 157 Å². The van der Waals surface area contributed by atoms with Crippen LogP contribution in [0.3, 0.4) is 0 Å². The van der Waals surface area contributed by atoms with Crippen LogP contribution in [0.1, 0.15) is 20.3 Å². The molecule has 1 aliphatic rings. The number of aliphatic carboxylic acids is 1. The summed E-state index contributed by atoms with van der Waals surface area (Å²) in [5, 5.41) is 50.0. The van der Waals surface area contributed by atoms with E-state index in [2.05, 4.69) is 5.32 Å². The lowest BCUT2D eigenvalue weighted by Gasteiger charge is -2.45. The van der Waals surface area contributed by atoms with Crippen LogP contribution < -0.4 is 5.32 Å². The second-order valence-electron chi connectivity index (χ2n) is 5.28. The lowest BCUT2D eigenvalue weighted by Crippen LogP contribution is -2.65. The van der Waals surface area contributed by atoms with Gasteiger partial charge in [0, 0.05) is 19.3 Å². The van der Waals surface area contributed by atoms with Crippen LogP contribution in [0, 0.1) is 5.92 Å². The number of rotatable bonds is 5. The SMILES string of the molecule is CC(=O)NC1C(O)CC(O)(C(=O)O)OC1C(C)C(O)CO. The molecule has 1 saturated heterocycles. The van der Waals surface area contributed by atoms with Crippen molar-refractivity contribution in [2.24, 2.45) is 5.92 Å². The first-order chi connectivity index (χ1) is 9.62. The number of nitrogens with one attached hydrogen (secondary N) is 1. The average Bonchev–Trinajstić information content (AvgIpc) is 2.39. The van der Waals surface area contributed by atoms with E-state index < -0.39 is 61.0 Å². The number of aliphatic hydroxyl groups excluding tert-OH is 3. The molecule has 0 aliphatic carbocycles. The molecule has 1 heterocycles. The van der Waals surface area contributed by atoms with Crippen molar-refractivity contribution < 1.29 is 39.9 Å². The van der Waals surface area contributed by atoms with Crippen molar-refractivity contribution >= 4 is 11.9 Å². The van der Waals surface area contributed by atoms with E-state index in [1.54, 1.807) is 0 Å². The summed E-state index contributed by atoms with van der Waals surface area (Å²) in [6.45, 7) is 2.03. The van der Waals surface area contributed by atoms with Crippen LogP contribution in [-0.4, -0.2) is 74.2 Å². The van der Waals surface area contributed by atoms with E-state index in [9.17, 15) is 24.9 Å². The normalized spacial score (nSPS) is 35.8. The maximum atomic E-state index is 11.2. The smallest absolute Gasteiger partial charge is 0.364 e. The molecule has 0 aromatic heterocycles. The quantitative estimate of drug-likeness (QED) is 0.323. The molecule has 1 aliphatic heterocycles. The Hall–Kier alpha value is -1.26. The molecule has 1 amide bonds. The van der Waals surface area contributed by atoms with Crippen LogP contribution in [0.2, 0.25) is 0 Å². The first-order valence-corrected chi connectivity index (χ1v) is 6.50. The minimum atomic E-state index is -2.62. The minimum absolute atomic E-state index is 0.487. The van der Waals surface area contributed by atoms with E-state index >= 15 is 0 Å². The largest absolute Gasteiger partial charge is 0.477 e. The van der Waals surface area contributed by atoms with Crippen molar-refractivity contribution in [2.75, 3.05) is 6.61 Å². The molecule has 0 aromatic carbocycles. The first kappa shape index (κ1) is 17.8. The van der Waals surface area contributed by atoms with Crippen LogP contribution in [0.15, 0.2) is 0 Å². The Bertz CT molecular complexity index is 403. The van der Waals surface area contributed by atoms with Crippen LogP contribution in [-0.2, 0) is 14.3 Å². The molecule has 122 valence electrons. The summed E-state index contributed by atoms with van der Waals surface area (Å²) in [7, 11) is 0. The molecule has 0 bridgehead atoms. The van der Waals surface area contributed by atoms with E-state index in [1.165, 1.54) is 13.8 Å². The number of ether oxygens (including phenoxy) is 1. The van der Waals surface area contributed by atoms with E-state index in [0.717, 1.165) is 0 Å². The minimum Gasteiger partial charge on any atom is -0.477 e. The third-order valence-electron chi connectivity index (χ3n) is 3.60. The molecular formula is C12H21NO8. The predicted molar refractivity (Wildman–Crippen MR) is 67.9 cm³/mol. The number of amides is 1. The number of carboxylic acids is 1. The van der Waals surface area contributed by atoms with Gasteiger partial charge < -0.3 is 35.6 Å². The predicted octanol–water partition coefficient (Wildman–Crippen LogP) is -2.60. The molecule has 1 fully saturated rings. The zero-order valence-corrected chi connectivity index (χ0v) is 11.8. The summed E-state index contributed by atoms with van der Waals surface area (Å²) < 4.78 is 5.11. The average molecular weight is 307 g/mol. The number of carbonyl (C=O) groups is 2. The molecule has 9 heteroatoms. The Morgan fingerprint density at radius 3 is 2.48 bits per heavy atom. The molecule has 6 atom stereocenters. The molecule has 6 N–H and O–H groups in total. The van der Waals surface area contributed by atoms with Crippen LogP contribution in [0.4, 0.5) is 0 Å². The second-order valence-corrected chi connectivity index (χ2v) is 5.28. The Balaban J connectivity index is 3.07. The molecule has 6 unspecified atom stereocenters.